The molecule has 1 aliphatic heterocycles. The lowest BCUT2D eigenvalue weighted by Gasteiger charge is -2.14. The van der Waals surface area contributed by atoms with Crippen molar-refractivity contribution in [3.05, 3.63) is 47.5 Å². The Hall–Kier alpha value is -2.91. The molecule has 148 valence electrons. The number of quaternary nitrogens is 1. The van der Waals surface area contributed by atoms with Crippen molar-refractivity contribution in [2.45, 2.75) is 6.29 Å². The van der Waals surface area contributed by atoms with Gasteiger partial charge in [0.1, 0.15) is 0 Å². The SMILES string of the molecule is C[NH+](CC(=O)Nc1ccc(Cl)cc1)CC(=O)Nc1ccc2c(c1)OC(F)(F)O2. The summed E-state index contributed by atoms with van der Waals surface area (Å²) in [6.07, 6.45) is -3.72. The molecule has 0 aliphatic carbocycles. The van der Waals surface area contributed by atoms with Crippen LogP contribution in [0.25, 0.3) is 0 Å². The van der Waals surface area contributed by atoms with Crippen LogP contribution in [-0.2, 0) is 9.59 Å². The zero-order chi connectivity index (χ0) is 20.3. The molecule has 0 saturated heterocycles. The molecule has 1 heterocycles. The molecule has 3 rings (SSSR count). The van der Waals surface area contributed by atoms with Crippen LogP contribution in [0, 0.1) is 0 Å². The fourth-order valence-electron chi connectivity index (χ4n) is 2.58. The largest absolute Gasteiger partial charge is 0.586 e. The second-order valence-corrected chi connectivity index (χ2v) is 6.68. The highest BCUT2D eigenvalue weighted by Gasteiger charge is 2.43. The third kappa shape index (κ3) is 5.30. The Balaban J connectivity index is 1.48. The number of hydrogen-bond donors (Lipinski definition) is 3. The van der Waals surface area contributed by atoms with E-state index in [-0.39, 0.29) is 42.1 Å². The monoisotopic (exact) mass is 412 g/mol. The van der Waals surface area contributed by atoms with E-state index in [2.05, 4.69) is 20.1 Å². The quantitative estimate of drug-likeness (QED) is 0.675. The lowest BCUT2D eigenvalue weighted by Crippen LogP contribution is -3.11. The van der Waals surface area contributed by atoms with Crippen molar-refractivity contribution in [2.75, 3.05) is 30.8 Å². The Bertz CT molecular complexity index is 893. The third-order valence-electron chi connectivity index (χ3n) is 3.74. The molecule has 2 aromatic carbocycles. The van der Waals surface area contributed by atoms with Crippen LogP contribution in [0.15, 0.2) is 42.5 Å². The summed E-state index contributed by atoms with van der Waals surface area (Å²) in [4.78, 5) is 24.8. The minimum Gasteiger partial charge on any atom is -0.395 e. The number of amides is 2. The Labute approximate surface area is 164 Å². The molecule has 2 amide bonds. The van der Waals surface area contributed by atoms with Crippen molar-refractivity contribution in [1.29, 1.82) is 0 Å². The van der Waals surface area contributed by atoms with Crippen LogP contribution in [0.5, 0.6) is 11.5 Å². The van der Waals surface area contributed by atoms with E-state index in [0.29, 0.717) is 15.6 Å². The first kappa shape index (κ1) is 19.8. The average Bonchev–Trinajstić information content (AvgIpc) is 2.89. The van der Waals surface area contributed by atoms with Gasteiger partial charge in [-0.05, 0) is 36.4 Å². The topological polar surface area (TPSA) is 81.1 Å². The first-order valence-corrected chi connectivity index (χ1v) is 8.64. The number of carbonyl (C=O) groups excluding carboxylic acids is 2. The van der Waals surface area contributed by atoms with Gasteiger partial charge in [0, 0.05) is 22.5 Å². The van der Waals surface area contributed by atoms with Gasteiger partial charge in [-0.3, -0.25) is 9.59 Å². The molecule has 10 heteroatoms. The molecule has 1 aliphatic rings. The minimum absolute atomic E-state index is 0.00135. The molecule has 7 nitrogen and oxygen atoms in total. The molecule has 0 fully saturated rings. The van der Waals surface area contributed by atoms with E-state index in [4.69, 9.17) is 11.6 Å². The van der Waals surface area contributed by atoms with Crippen LogP contribution in [0.1, 0.15) is 0 Å². The van der Waals surface area contributed by atoms with Gasteiger partial charge in [-0.25, -0.2) is 0 Å². The number of nitrogens with one attached hydrogen (secondary N) is 3. The molecule has 0 saturated carbocycles. The third-order valence-corrected chi connectivity index (χ3v) is 3.99. The maximum atomic E-state index is 13.0. The van der Waals surface area contributed by atoms with E-state index in [1.807, 2.05) is 0 Å². The summed E-state index contributed by atoms with van der Waals surface area (Å²) in [7, 11) is 1.68. The van der Waals surface area contributed by atoms with Crippen LogP contribution in [0.4, 0.5) is 20.2 Å². The molecule has 28 heavy (non-hydrogen) atoms. The van der Waals surface area contributed by atoms with Gasteiger partial charge in [-0.1, -0.05) is 11.6 Å². The second-order valence-electron chi connectivity index (χ2n) is 6.24. The van der Waals surface area contributed by atoms with E-state index in [1.165, 1.54) is 18.2 Å². The first-order valence-electron chi connectivity index (χ1n) is 8.27. The van der Waals surface area contributed by atoms with E-state index in [9.17, 15) is 18.4 Å². The highest BCUT2D eigenvalue weighted by molar-refractivity contribution is 6.30. The summed E-state index contributed by atoms with van der Waals surface area (Å²) in [5.41, 5.74) is 0.882. The van der Waals surface area contributed by atoms with E-state index < -0.39 is 6.29 Å². The molecule has 0 radical (unpaired) electrons. The molecule has 0 aromatic heterocycles. The zero-order valence-corrected chi connectivity index (χ0v) is 15.5. The predicted octanol–water partition coefficient (Wildman–Crippen LogP) is 1.75. The van der Waals surface area contributed by atoms with Gasteiger partial charge in [0.2, 0.25) is 0 Å². The number of halogens is 3. The number of carbonyl (C=O) groups is 2. The highest BCUT2D eigenvalue weighted by Crippen LogP contribution is 2.42. The Morgan fingerprint density at radius 3 is 2.14 bits per heavy atom. The number of anilines is 2. The molecular weight excluding hydrogens is 396 g/mol. The Kier molecular flexibility index (Phi) is 5.66. The summed E-state index contributed by atoms with van der Waals surface area (Å²) in [5, 5.41) is 5.84. The van der Waals surface area contributed by atoms with Gasteiger partial charge in [-0.15, -0.1) is 8.78 Å². The van der Waals surface area contributed by atoms with Crippen LogP contribution >= 0.6 is 11.6 Å². The minimum atomic E-state index is -3.72. The molecule has 1 unspecified atom stereocenters. The lowest BCUT2D eigenvalue weighted by atomic mass is 10.2. The van der Waals surface area contributed by atoms with Crippen LogP contribution < -0.4 is 25.0 Å². The number of hydrogen-bond acceptors (Lipinski definition) is 4. The summed E-state index contributed by atoms with van der Waals surface area (Å²) < 4.78 is 34.7. The fraction of sp³-hybridized carbons (Fsp3) is 0.222. The van der Waals surface area contributed by atoms with Crippen molar-refractivity contribution < 1.29 is 32.7 Å². The number of benzene rings is 2. The molecule has 3 N–H and O–H groups in total. The van der Waals surface area contributed by atoms with Gasteiger partial charge in [-0.2, -0.15) is 0 Å². The second kappa shape index (κ2) is 7.99. The Morgan fingerprint density at radius 2 is 1.50 bits per heavy atom. The first-order chi connectivity index (χ1) is 13.2. The number of ether oxygens (including phenoxy) is 2. The highest BCUT2D eigenvalue weighted by atomic mass is 35.5. The standard InChI is InChI=1S/C18H16ClF2N3O4/c1-24(9-16(25)22-12-4-2-11(19)3-5-12)10-17(26)23-13-6-7-14-15(8-13)28-18(20,21)27-14/h2-8H,9-10H2,1H3,(H,22,25)(H,23,26)/p+1. The molecule has 2 aromatic rings. The molecular formula is C18H17ClF2N3O4+. The Morgan fingerprint density at radius 1 is 0.964 bits per heavy atom. The lowest BCUT2D eigenvalue weighted by molar-refractivity contribution is -0.862. The molecule has 1 atom stereocenters. The van der Waals surface area contributed by atoms with Crippen LogP contribution in [0.2, 0.25) is 5.02 Å². The van der Waals surface area contributed by atoms with Crippen LogP contribution in [-0.4, -0.2) is 38.2 Å². The predicted molar refractivity (Wildman–Crippen MR) is 98.0 cm³/mol. The molecule has 0 bridgehead atoms. The van der Waals surface area contributed by atoms with Gasteiger partial charge in [0.05, 0.1) is 7.05 Å². The van der Waals surface area contributed by atoms with Gasteiger partial charge in [0.25, 0.3) is 11.8 Å². The van der Waals surface area contributed by atoms with E-state index in [0.717, 1.165) is 0 Å². The number of fused-ring (bicyclic) bond motifs is 1. The number of rotatable bonds is 6. The summed E-state index contributed by atoms with van der Waals surface area (Å²) in [6, 6.07) is 10.6. The number of likely N-dealkylation sites (N-methyl/N-ethyl adjacent to an activating group) is 1. The van der Waals surface area contributed by atoms with Crippen molar-refractivity contribution in [1.82, 2.24) is 0 Å². The maximum Gasteiger partial charge on any atom is 0.586 e. The van der Waals surface area contributed by atoms with Crippen LogP contribution in [0.3, 0.4) is 0 Å². The maximum absolute atomic E-state index is 13.0. The zero-order valence-electron chi connectivity index (χ0n) is 14.7. The van der Waals surface area contributed by atoms with E-state index in [1.54, 1.807) is 31.3 Å². The normalized spacial score (nSPS) is 15.0. The van der Waals surface area contributed by atoms with Gasteiger partial charge >= 0.3 is 6.29 Å². The van der Waals surface area contributed by atoms with Crippen molar-refractivity contribution >= 4 is 34.8 Å². The summed E-state index contributed by atoms with van der Waals surface area (Å²) in [5.74, 6) is -0.921. The van der Waals surface area contributed by atoms with E-state index >= 15 is 0 Å². The van der Waals surface area contributed by atoms with Crippen molar-refractivity contribution in [3.8, 4) is 11.5 Å². The average molecular weight is 413 g/mol. The fourth-order valence-corrected chi connectivity index (χ4v) is 2.71. The smallest absolute Gasteiger partial charge is 0.395 e. The van der Waals surface area contributed by atoms with Gasteiger partial charge in [0.15, 0.2) is 24.6 Å². The van der Waals surface area contributed by atoms with Crippen molar-refractivity contribution in [3.63, 3.8) is 0 Å². The summed E-state index contributed by atoms with van der Waals surface area (Å²) in [6.45, 7) is 0.0576. The van der Waals surface area contributed by atoms with Gasteiger partial charge < -0.3 is 25.0 Å². The van der Waals surface area contributed by atoms with Crippen molar-refractivity contribution in [2.24, 2.45) is 0 Å². The number of alkyl halides is 2. The summed E-state index contributed by atoms with van der Waals surface area (Å²) >= 11 is 5.79. The molecule has 0 spiro atoms.